The first-order chi connectivity index (χ1) is 8.17. The monoisotopic (exact) mass is 233 g/mol. The predicted octanol–water partition coefficient (Wildman–Crippen LogP) is 1.02. The second kappa shape index (κ2) is 4.52. The Hall–Kier alpha value is -1.93. The molecular weight excluding hydrogens is 221 g/mol. The molecule has 0 saturated carbocycles. The van der Waals surface area contributed by atoms with E-state index in [2.05, 4.69) is 5.32 Å². The number of rotatable bonds is 2. The van der Waals surface area contributed by atoms with Crippen LogP contribution in [0.3, 0.4) is 0 Å². The maximum atomic E-state index is 13.0. The third-order valence-electron chi connectivity index (χ3n) is 2.92. The van der Waals surface area contributed by atoms with E-state index in [1.165, 1.54) is 17.0 Å². The van der Waals surface area contributed by atoms with Gasteiger partial charge in [-0.25, -0.2) is 4.39 Å². The summed E-state index contributed by atoms with van der Waals surface area (Å²) >= 11 is 0. The van der Waals surface area contributed by atoms with Gasteiger partial charge in [-0.3, -0.25) is 4.79 Å². The van der Waals surface area contributed by atoms with Crippen molar-refractivity contribution in [3.05, 3.63) is 29.6 Å². The molecule has 1 aromatic carbocycles. The molecule has 0 aromatic heterocycles. The zero-order chi connectivity index (χ0) is 12.4. The van der Waals surface area contributed by atoms with Gasteiger partial charge in [-0.2, -0.15) is 5.26 Å². The number of hydrogen-bond donors (Lipinski definition) is 1. The number of carbonyl (C=O) groups is 1. The highest BCUT2D eigenvalue weighted by Gasteiger charge is 2.32. The van der Waals surface area contributed by atoms with Crippen molar-refractivity contribution >= 4 is 11.6 Å². The maximum Gasteiger partial charge on any atom is 0.244 e. The fourth-order valence-electron chi connectivity index (χ4n) is 2.02. The molecule has 88 valence electrons. The summed E-state index contributed by atoms with van der Waals surface area (Å²) in [6.45, 7) is 0.546. The lowest BCUT2D eigenvalue weighted by Gasteiger charge is -2.17. The van der Waals surface area contributed by atoms with Crippen LogP contribution in [0.5, 0.6) is 0 Å². The van der Waals surface area contributed by atoms with E-state index in [0.29, 0.717) is 18.7 Å². The first kappa shape index (κ1) is 11.6. The number of carbonyl (C=O) groups excluding carboxylic acids is 1. The molecule has 0 bridgehead atoms. The van der Waals surface area contributed by atoms with Crippen LogP contribution in [0.15, 0.2) is 18.2 Å². The van der Waals surface area contributed by atoms with E-state index in [1.54, 1.807) is 7.05 Å². The number of likely N-dealkylation sites (N-methyl/N-ethyl adjacent to an activating group) is 1. The Balaban J connectivity index is 2.36. The number of nitrogens with one attached hydrogen (secondary N) is 1. The summed E-state index contributed by atoms with van der Waals surface area (Å²) in [5, 5.41) is 11.9. The van der Waals surface area contributed by atoms with Gasteiger partial charge in [-0.05, 0) is 31.7 Å². The number of nitriles is 1. The van der Waals surface area contributed by atoms with Crippen LogP contribution in [0.2, 0.25) is 0 Å². The van der Waals surface area contributed by atoms with Crippen molar-refractivity contribution in [2.24, 2.45) is 0 Å². The van der Waals surface area contributed by atoms with Gasteiger partial charge in [0.1, 0.15) is 11.9 Å². The molecule has 1 heterocycles. The van der Waals surface area contributed by atoms with E-state index >= 15 is 0 Å². The van der Waals surface area contributed by atoms with Crippen LogP contribution in [-0.2, 0) is 4.79 Å². The highest BCUT2D eigenvalue weighted by atomic mass is 19.1. The zero-order valence-electron chi connectivity index (χ0n) is 9.40. The van der Waals surface area contributed by atoms with Crippen LogP contribution in [0.25, 0.3) is 0 Å². The van der Waals surface area contributed by atoms with Gasteiger partial charge in [0.15, 0.2) is 0 Å². The van der Waals surface area contributed by atoms with Crippen LogP contribution in [0.1, 0.15) is 12.0 Å². The van der Waals surface area contributed by atoms with Crippen molar-refractivity contribution in [3.8, 4) is 6.07 Å². The summed E-state index contributed by atoms with van der Waals surface area (Å²) in [6.07, 6.45) is 0.692. The molecule has 0 aliphatic carbocycles. The van der Waals surface area contributed by atoms with Crippen LogP contribution >= 0.6 is 0 Å². The Morgan fingerprint density at radius 1 is 1.59 bits per heavy atom. The normalized spacial score (nSPS) is 19.5. The molecule has 0 radical (unpaired) electrons. The quantitative estimate of drug-likeness (QED) is 0.829. The van der Waals surface area contributed by atoms with Crippen molar-refractivity contribution in [2.75, 3.05) is 18.5 Å². The van der Waals surface area contributed by atoms with E-state index in [0.717, 1.165) is 6.07 Å². The first-order valence-electron chi connectivity index (χ1n) is 5.35. The second-order valence-electron chi connectivity index (χ2n) is 3.89. The van der Waals surface area contributed by atoms with E-state index in [4.69, 9.17) is 5.26 Å². The molecule has 1 saturated heterocycles. The molecule has 4 nitrogen and oxygen atoms in total. The number of nitrogens with zero attached hydrogens (tertiary/aromatic N) is 2. The van der Waals surface area contributed by atoms with Gasteiger partial charge < -0.3 is 10.2 Å². The van der Waals surface area contributed by atoms with Crippen LogP contribution in [0.4, 0.5) is 10.1 Å². The van der Waals surface area contributed by atoms with Gasteiger partial charge in [-0.1, -0.05) is 0 Å². The third kappa shape index (κ3) is 1.99. The second-order valence-corrected chi connectivity index (χ2v) is 3.89. The third-order valence-corrected chi connectivity index (χ3v) is 2.92. The molecule has 1 aliphatic heterocycles. The molecular formula is C12H12FN3O. The van der Waals surface area contributed by atoms with Crippen LogP contribution in [-0.4, -0.2) is 25.5 Å². The van der Waals surface area contributed by atoms with Gasteiger partial charge in [0.25, 0.3) is 0 Å². The number of halogens is 1. The fraction of sp³-hybridized carbons (Fsp3) is 0.333. The molecule has 1 atom stereocenters. The maximum absolute atomic E-state index is 13.0. The Bertz CT molecular complexity index is 495. The summed E-state index contributed by atoms with van der Waals surface area (Å²) < 4.78 is 13.0. The Labute approximate surface area is 98.6 Å². The summed E-state index contributed by atoms with van der Waals surface area (Å²) in [4.78, 5) is 13.5. The number of hydrogen-bond acceptors (Lipinski definition) is 3. The van der Waals surface area contributed by atoms with Crippen molar-refractivity contribution in [3.63, 3.8) is 0 Å². The number of anilines is 1. The van der Waals surface area contributed by atoms with Crippen molar-refractivity contribution < 1.29 is 9.18 Å². The molecule has 1 aliphatic rings. The lowest BCUT2D eigenvalue weighted by atomic mass is 10.1. The average Bonchev–Trinajstić information content (AvgIpc) is 2.70. The summed E-state index contributed by atoms with van der Waals surface area (Å²) in [7, 11) is 1.72. The summed E-state index contributed by atoms with van der Waals surface area (Å²) in [6, 6.07) is 5.58. The SMILES string of the molecule is CNC1CCN(c2ccc(F)cc2C#N)C1=O. The molecule has 1 amide bonds. The largest absolute Gasteiger partial charge is 0.310 e. The van der Waals surface area contributed by atoms with Gasteiger partial charge >= 0.3 is 0 Å². The lowest BCUT2D eigenvalue weighted by molar-refractivity contribution is -0.118. The standard InChI is InChI=1S/C12H12FN3O/c1-15-10-4-5-16(12(10)17)11-3-2-9(13)6-8(11)7-14/h2-3,6,10,15H,4-5H2,1H3. The minimum Gasteiger partial charge on any atom is -0.310 e. The molecule has 1 unspecified atom stereocenters. The molecule has 0 spiro atoms. The van der Waals surface area contributed by atoms with Gasteiger partial charge in [0.05, 0.1) is 17.3 Å². The van der Waals surface area contributed by atoms with E-state index in [1.807, 2.05) is 6.07 Å². The summed E-state index contributed by atoms with van der Waals surface area (Å²) in [5.41, 5.74) is 0.673. The minimum atomic E-state index is -0.470. The Morgan fingerprint density at radius 2 is 2.35 bits per heavy atom. The zero-order valence-corrected chi connectivity index (χ0v) is 9.40. The van der Waals surface area contributed by atoms with Crippen molar-refractivity contribution in [1.29, 1.82) is 5.26 Å². The highest BCUT2D eigenvalue weighted by Crippen LogP contribution is 2.25. The minimum absolute atomic E-state index is 0.0735. The molecule has 5 heteroatoms. The number of amides is 1. The Morgan fingerprint density at radius 3 is 2.94 bits per heavy atom. The summed E-state index contributed by atoms with van der Waals surface area (Å²) in [5.74, 6) is -0.544. The molecule has 17 heavy (non-hydrogen) atoms. The highest BCUT2D eigenvalue weighted by molar-refractivity contribution is 6.00. The topological polar surface area (TPSA) is 56.1 Å². The van der Waals surface area contributed by atoms with Gasteiger partial charge in [0, 0.05) is 6.54 Å². The smallest absolute Gasteiger partial charge is 0.244 e. The Kier molecular flexibility index (Phi) is 3.07. The molecule has 2 rings (SSSR count). The molecule has 1 fully saturated rings. The molecule has 1 N–H and O–H groups in total. The fourth-order valence-corrected chi connectivity index (χ4v) is 2.02. The van der Waals surface area contributed by atoms with Crippen LogP contribution in [0, 0.1) is 17.1 Å². The van der Waals surface area contributed by atoms with Gasteiger partial charge in [-0.15, -0.1) is 0 Å². The van der Waals surface area contributed by atoms with E-state index in [-0.39, 0.29) is 17.5 Å². The van der Waals surface area contributed by atoms with E-state index < -0.39 is 5.82 Å². The van der Waals surface area contributed by atoms with Gasteiger partial charge in [0.2, 0.25) is 5.91 Å². The average molecular weight is 233 g/mol. The van der Waals surface area contributed by atoms with Crippen LogP contribution < -0.4 is 10.2 Å². The number of benzene rings is 1. The molecule has 1 aromatic rings. The lowest BCUT2D eigenvalue weighted by Crippen LogP contribution is -2.36. The van der Waals surface area contributed by atoms with Crippen molar-refractivity contribution in [1.82, 2.24) is 5.32 Å². The first-order valence-corrected chi connectivity index (χ1v) is 5.35. The predicted molar refractivity (Wildman–Crippen MR) is 60.9 cm³/mol. The van der Waals surface area contributed by atoms with Crippen molar-refractivity contribution in [2.45, 2.75) is 12.5 Å². The van der Waals surface area contributed by atoms with E-state index in [9.17, 15) is 9.18 Å².